The molecular formula is C14H18BrNO4. The summed E-state index contributed by atoms with van der Waals surface area (Å²) >= 11 is 3.35. The smallest absolute Gasteiger partial charge is 0.408 e. The lowest BCUT2D eigenvalue weighted by molar-refractivity contribution is -0.137. The first-order valence-corrected chi connectivity index (χ1v) is 6.94. The second-order valence-electron chi connectivity index (χ2n) is 5.32. The van der Waals surface area contributed by atoms with Crippen molar-refractivity contribution in [3.8, 4) is 0 Å². The summed E-state index contributed by atoms with van der Waals surface area (Å²) in [5, 5.41) is 11.6. The molecule has 1 amide bonds. The van der Waals surface area contributed by atoms with Crippen LogP contribution in [0.4, 0.5) is 4.79 Å². The molecule has 0 saturated heterocycles. The largest absolute Gasteiger partial charge is 0.481 e. The minimum atomic E-state index is -0.998. The molecule has 1 aromatic rings. The number of rotatable bonds is 4. The van der Waals surface area contributed by atoms with Crippen molar-refractivity contribution in [1.29, 1.82) is 0 Å². The molecule has 1 rings (SSSR count). The molecule has 0 heterocycles. The van der Waals surface area contributed by atoms with E-state index in [2.05, 4.69) is 21.2 Å². The predicted octanol–water partition coefficient (Wildman–Crippen LogP) is 3.49. The van der Waals surface area contributed by atoms with E-state index in [9.17, 15) is 9.59 Å². The van der Waals surface area contributed by atoms with Crippen molar-refractivity contribution < 1.29 is 19.4 Å². The summed E-state index contributed by atoms with van der Waals surface area (Å²) in [6, 6.07) is 6.50. The number of nitrogens with one attached hydrogen (secondary N) is 1. The van der Waals surface area contributed by atoms with Crippen molar-refractivity contribution in [1.82, 2.24) is 5.32 Å². The highest BCUT2D eigenvalue weighted by Crippen LogP contribution is 2.26. The van der Waals surface area contributed by atoms with Crippen LogP contribution >= 0.6 is 15.9 Å². The number of aliphatic carboxylic acids is 1. The van der Waals surface area contributed by atoms with Gasteiger partial charge in [-0.15, -0.1) is 0 Å². The van der Waals surface area contributed by atoms with Gasteiger partial charge < -0.3 is 15.2 Å². The quantitative estimate of drug-likeness (QED) is 0.877. The SMILES string of the molecule is CC(C)(C)OC(=O)NC(CC(=O)O)c1ccccc1Br. The lowest BCUT2D eigenvalue weighted by Crippen LogP contribution is -2.35. The maximum absolute atomic E-state index is 11.8. The van der Waals surface area contributed by atoms with Gasteiger partial charge in [-0.05, 0) is 32.4 Å². The third-order valence-electron chi connectivity index (χ3n) is 2.35. The minimum Gasteiger partial charge on any atom is -0.481 e. The average molecular weight is 344 g/mol. The third-order valence-corrected chi connectivity index (χ3v) is 3.07. The topological polar surface area (TPSA) is 75.6 Å². The Morgan fingerprint density at radius 2 is 1.95 bits per heavy atom. The first-order chi connectivity index (χ1) is 9.19. The van der Waals surface area contributed by atoms with Crippen LogP contribution in [0.15, 0.2) is 28.7 Å². The van der Waals surface area contributed by atoms with Crippen LogP contribution in [0.25, 0.3) is 0 Å². The summed E-state index contributed by atoms with van der Waals surface area (Å²) in [7, 11) is 0. The third kappa shape index (κ3) is 5.61. The Bertz CT molecular complexity index is 496. The van der Waals surface area contributed by atoms with Gasteiger partial charge >= 0.3 is 12.1 Å². The van der Waals surface area contributed by atoms with Crippen LogP contribution in [0.2, 0.25) is 0 Å². The normalized spacial score (nSPS) is 12.6. The van der Waals surface area contributed by atoms with Gasteiger partial charge in [-0.2, -0.15) is 0 Å². The Morgan fingerprint density at radius 1 is 1.35 bits per heavy atom. The fourth-order valence-electron chi connectivity index (χ4n) is 1.62. The van der Waals surface area contributed by atoms with Crippen LogP contribution in [-0.4, -0.2) is 22.8 Å². The number of alkyl carbamates (subject to hydrolysis) is 1. The minimum absolute atomic E-state index is 0.220. The average Bonchev–Trinajstić information content (AvgIpc) is 2.25. The number of halogens is 1. The summed E-state index contributed by atoms with van der Waals surface area (Å²) in [5.74, 6) is -0.998. The Morgan fingerprint density at radius 3 is 2.45 bits per heavy atom. The van der Waals surface area contributed by atoms with Crippen molar-refractivity contribution in [3.05, 3.63) is 34.3 Å². The molecule has 0 saturated carbocycles. The van der Waals surface area contributed by atoms with E-state index in [1.165, 1.54) is 0 Å². The predicted molar refractivity (Wildman–Crippen MR) is 78.5 cm³/mol. The number of benzene rings is 1. The van der Waals surface area contributed by atoms with E-state index in [4.69, 9.17) is 9.84 Å². The summed E-state index contributed by atoms with van der Waals surface area (Å²) in [4.78, 5) is 22.7. The molecule has 1 unspecified atom stereocenters. The van der Waals surface area contributed by atoms with Crippen molar-refractivity contribution in [2.24, 2.45) is 0 Å². The molecule has 5 nitrogen and oxygen atoms in total. The van der Waals surface area contributed by atoms with Crippen LogP contribution < -0.4 is 5.32 Å². The van der Waals surface area contributed by atoms with Gasteiger partial charge in [0.2, 0.25) is 0 Å². The number of carboxylic acid groups (broad SMARTS) is 1. The number of hydrogen-bond acceptors (Lipinski definition) is 3. The molecule has 2 N–H and O–H groups in total. The van der Waals surface area contributed by atoms with Crippen LogP contribution in [-0.2, 0) is 9.53 Å². The van der Waals surface area contributed by atoms with E-state index in [1.54, 1.807) is 39.0 Å². The van der Waals surface area contributed by atoms with Crippen LogP contribution in [0, 0.1) is 0 Å². The first kappa shape index (κ1) is 16.5. The van der Waals surface area contributed by atoms with Gasteiger partial charge in [-0.25, -0.2) is 4.79 Å². The molecule has 20 heavy (non-hydrogen) atoms. The molecule has 6 heteroatoms. The molecule has 0 radical (unpaired) electrons. The monoisotopic (exact) mass is 343 g/mol. The summed E-state index contributed by atoms with van der Waals surface area (Å²) < 4.78 is 5.89. The molecule has 0 aliphatic carbocycles. The van der Waals surface area contributed by atoms with Crippen LogP contribution in [0.1, 0.15) is 38.8 Å². The molecule has 0 spiro atoms. The highest BCUT2D eigenvalue weighted by Gasteiger charge is 2.23. The number of carbonyl (C=O) groups is 2. The van der Waals surface area contributed by atoms with Gasteiger partial charge in [0.15, 0.2) is 0 Å². The van der Waals surface area contributed by atoms with Gasteiger partial charge in [0.25, 0.3) is 0 Å². The summed E-state index contributed by atoms with van der Waals surface area (Å²) in [5.41, 5.74) is 0.0620. The zero-order valence-corrected chi connectivity index (χ0v) is 13.2. The summed E-state index contributed by atoms with van der Waals surface area (Å²) in [6.07, 6.45) is -0.860. The van der Waals surface area contributed by atoms with Crippen LogP contribution in [0.5, 0.6) is 0 Å². The number of hydrogen-bond donors (Lipinski definition) is 2. The highest BCUT2D eigenvalue weighted by atomic mass is 79.9. The van der Waals surface area contributed by atoms with E-state index in [0.29, 0.717) is 5.56 Å². The molecule has 1 aromatic carbocycles. The van der Waals surface area contributed by atoms with Gasteiger partial charge in [0, 0.05) is 4.47 Å². The van der Waals surface area contributed by atoms with Crippen LogP contribution in [0.3, 0.4) is 0 Å². The molecular weight excluding hydrogens is 326 g/mol. The van der Waals surface area contributed by atoms with Crippen molar-refractivity contribution in [2.45, 2.75) is 38.8 Å². The zero-order chi connectivity index (χ0) is 15.3. The Balaban J connectivity index is 2.88. The second-order valence-corrected chi connectivity index (χ2v) is 6.17. The number of ether oxygens (including phenoxy) is 1. The highest BCUT2D eigenvalue weighted by molar-refractivity contribution is 9.10. The molecule has 0 aliphatic heterocycles. The first-order valence-electron chi connectivity index (χ1n) is 6.15. The zero-order valence-electron chi connectivity index (χ0n) is 11.6. The van der Waals surface area contributed by atoms with E-state index in [0.717, 1.165) is 4.47 Å². The number of amides is 1. The molecule has 0 bridgehead atoms. The summed E-state index contributed by atoms with van der Waals surface area (Å²) in [6.45, 7) is 5.24. The van der Waals surface area contributed by atoms with Gasteiger partial charge in [-0.1, -0.05) is 34.1 Å². The second kappa shape index (κ2) is 6.74. The van der Waals surface area contributed by atoms with Crippen molar-refractivity contribution >= 4 is 28.0 Å². The van der Waals surface area contributed by atoms with Gasteiger partial charge in [-0.3, -0.25) is 4.79 Å². The van der Waals surface area contributed by atoms with Crippen molar-refractivity contribution in [3.63, 3.8) is 0 Å². The Kier molecular flexibility index (Phi) is 5.56. The van der Waals surface area contributed by atoms with E-state index < -0.39 is 23.7 Å². The fraction of sp³-hybridized carbons (Fsp3) is 0.429. The number of carbonyl (C=O) groups excluding carboxylic acids is 1. The van der Waals surface area contributed by atoms with Gasteiger partial charge in [0.1, 0.15) is 5.60 Å². The Hall–Kier alpha value is -1.56. The molecule has 0 aromatic heterocycles. The maximum atomic E-state index is 11.8. The van der Waals surface area contributed by atoms with Crippen molar-refractivity contribution in [2.75, 3.05) is 0 Å². The lowest BCUT2D eigenvalue weighted by Gasteiger charge is -2.23. The molecule has 0 aliphatic rings. The number of carboxylic acids is 1. The molecule has 0 fully saturated rings. The molecule has 110 valence electrons. The molecule has 1 atom stereocenters. The lowest BCUT2D eigenvalue weighted by atomic mass is 10.0. The standard InChI is InChI=1S/C14H18BrNO4/c1-14(2,3)20-13(19)16-11(8-12(17)18)9-6-4-5-7-10(9)15/h4-7,11H,8H2,1-3H3,(H,16,19)(H,17,18). The van der Waals surface area contributed by atoms with E-state index in [-0.39, 0.29) is 6.42 Å². The van der Waals surface area contributed by atoms with E-state index >= 15 is 0 Å². The van der Waals surface area contributed by atoms with Gasteiger partial charge in [0.05, 0.1) is 12.5 Å². The maximum Gasteiger partial charge on any atom is 0.408 e. The van der Waals surface area contributed by atoms with E-state index in [1.807, 2.05) is 6.07 Å². The Labute approximate surface area is 126 Å². The fourth-order valence-corrected chi connectivity index (χ4v) is 2.18.